The van der Waals surface area contributed by atoms with Crippen LogP contribution in [0.3, 0.4) is 0 Å². The number of halogens is 1. The first kappa shape index (κ1) is 9.23. The molecule has 0 aromatic carbocycles. The van der Waals surface area contributed by atoms with Gasteiger partial charge in [-0.3, -0.25) is 0 Å². The van der Waals surface area contributed by atoms with Gasteiger partial charge in [-0.05, 0) is 19.8 Å². The predicted molar refractivity (Wildman–Crippen MR) is 43.4 cm³/mol. The Hall–Kier alpha value is -0.860. The summed E-state index contributed by atoms with van der Waals surface area (Å²) in [4.78, 5) is 10.4. The highest BCUT2D eigenvalue weighted by molar-refractivity contribution is 5.86. The topological polar surface area (TPSA) is 37.3 Å². The molecule has 0 amide bonds. The van der Waals surface area contributed by atoms with Crippen LogP contribution in [0.15, 0.2) is 11.4 Å². The third-order valence-corrected chi connectivity index (χ3v) is 2.39. The van der Waals surface area contributed by atoms with Crippen LogP contribution < -0.4 is 0 Å². The molecule has 0 atom stereocenters. The number of carboxylic acids is 1. The molecule has 0 spiro atoms. The van der Waals surface area contributed by atoms with Crippen LogP contribution in [0.2, 0.25) is 0 Å². The van der Waals surface area contributed by atoms with Crippen LogP contribution in [-0.4, -0.2) is 11.1 Å². The van der Waals surface area contributed by atoms with Gasteiger partial charge in [-0.15, -0.1) is 0 Å². The van der Waals surface area contributed by atoms with E-state index in [0.717, 1.165) is 25.7 Å². The van der Waals surface area contributed by atoms with Crippen LogP contribution in [0, 0.1) is 5.92 Å². The third kappa shape index (κ3) is 1.84. The minimum Gasteiger partial charge on any atom is -0.478 e. The van der Waals surface area contributed by atoms with E-state index in [1.807, 2.05) is 0 Å². The lowest BCUT2D eigenvalue weighted by Crippen LogP contribution is -2.04. The Balaban J connectivity index is 2.72. The summed E-state index contributed by atoms with van der Waals surface area (Å²) in [6, 6.07) is 0. The Morgan fingerprint density at radius 2 is 1.92 bits per heavy atom. The number of allylic oxidation sites excluding steroid dienone is 1. The van der Waals surface area contributed by atoms with Crippen LogP contribution in [0.1, 0.15) is 32.6 Å². The van der Waals surface area contributed by atoms with Crippen LogP contribution in [0.5, 0.6) is 0 Å². The quantitative estimate of drug-likeness (QED) is 0.650. The van der Waals surface area contributed by atoms with Gasteiger partial charge in [0.25, 0.3) is 0 Å². The molecule has 3 heteroatoms. The molecule has 0 saturated heterocycles. The van der Waals surface area contributed by atoms with Crippen molar-refractivity contribution in [2.75, 3.05) is 0 Å². The molecule has 0 bridgehead atoms. The Kier molecular flexibility index (Phi) is 2.84. The van der Waals surface area contributed by atoms with Crippen molar-refractivity contribution in [3.05, 3.63) is 11.4 Å². The molecule has 1 fully saturated rings. The molecule has 1 rings (SSSR count). The lowest BCUT2D eigenvalue weighted by atomic mass is 10.0. The zero-order valence-corrected chi connectivity index (χ0v) is 7.14. The van der Waals surface area contributed by atoms with Gasteiger partial charge in [0.2, 0.25) is 0 Å². The normalized spacial score (nSPS) is 20.8. The van der Waals surface area contributed by atoms with E-state index in [1.165, 1.54) is 6.92 Å². The summed E-state index contributed by atoms with van der Waals surface area (Å²) in [6.07, 6.45) is 3.64. The van der Waals surface area contributed by atoms with E-state index in [0.29, 0.717) is 0 Å². The highest BCUT2D eigenvalue weighted by Crippen LogP contribution is 2.33. The average Bonchev–Trinajstić information content (AvgIpc) is 2.53. The molecule has 68 valence electrons. The van der Waals surface area contributed by atoms with Crippen molar-refractivity contribution in [2.24, 2.45) is 5.92 Å². The Labute approximate surface area is 71.1 Å². The van der Waals surface area contributed by atoms with Gasteiger partial charge in [0.05, 0.1) is 5.57 Å². The second kappa shape index (κ2) is 3.70. The number of hydrogen-bond donors (Lipinski definition) is 1. The van der Waals surface area contributed by atoms with Crippen molar-refractivity contribution < 1.29 is 14.3 Å². The molecule has 12 heavy (non-hydrogen) atoms. The molecule has 1 N–H and O–H groups in total. The number of hydrogen-bond acceptors (Lipinski definition) is 1. The molecule has 0 heterocycles. The predicted octanol–water partition coefficient (Wildman–Crippen LogP) is 2.50. The molecular weight excluding hydrogens is 159 g/mol. The largest absolute Gasteiger partial charge is 0.478 e. The standard InChI is InChI=1S/C9H13FO2/c1-6(9(11)12)8(10)7-4-2-3-5-7/h7H,2-5H2,1H3,(H,11,12). The van der Waals surface area contributed by atoms with Crippen LogP contribution in [0.4, 0.5) is 4.39 Å². The SMILES string of the molecule is CC(C(=O)O)=C(F)C1CCCC1. The summed E-state index contributed by atoms with van der Waals surface area (Å²) in [6.45, 7) is 1.33. The molecule has 2 nitrogen and oxygen atoms in total. The van der Waals surface area contributed by atoms with E-state index >= 15 is 0 Å². The number of rotatable bonds is 2. The molecule has 1 aliphatic carbocycles. The van der Waals surface area contributed by atoms with Crippen molar-refractivity contribution in [2.45, 2.75) is 32.6 Å². The summed E-state index contributed by atoms with van der Waals surface area (Å²) in [5, 5.41) is 8.51. The van der Waals surface area contributed by atoms with E-state index < -0.39 is 11.8 Å². The van der Waals surface area contributed by atoms with Crippen molar-refractivity contribution >= 4 is 5.97 Å². The second-order valence-corrected chi connectivity index (χ2v) is 3.26. The van der Waals surface area contributed by atoms with Crippen LogP contribution in [0.25, 0.3) is 0 Å². The first-order valence-corrected chi connectivity index (χ1v) is 4.22. The summed E-state index contributed by atoms with van der Waals surface area (Å²) in [5.41, 5.74) is -0.123. The van der Waals surface area contributed by atoms with E-state index in [1.54, 1.807) is 0 Å². The Morgan fingerprint density at radius 1 is 1.42 bits per heavy atom. The molecule has 0 radical (unpaired) electrons. The monoisotopic (exact) mass is 172 g/mol. The zero-order chi connectivity index (χ0) is 9.14. The van der Waals surface area contributed by atoms with E-state index in [9.17, 15) is 9.18 Å². The number of carboxylic acid groups (broad SMARTS) is 1. The van der Waals surface area contributed by atoms with Gasteiger partial charge in [0, 0.05) is 5.92 Å². The van der Waals surface area contributed by atoms with Gasteiger partial charge >= 0.3 is 5.97 Å². The Bertz CT molecular complexity index is 215. The lowest BCUT2D eigenvalue weighted by Gasteiger charge is -2.06. The number of aliphatic carboxylic acids is 1. The maximum Gasteiger partial charge on any atom is 0.333 e. The molecular formula is C9H13FO2. The van der Waals surface area contributed by atoms with Crippen LogP contribution in [-0.2, 0) is 4.79 Å². The maximum atomic E-state index is 13.3. The minimum absolute atomic E-state index is 0.123. The average molecular weight is 172 g/mol. The smallest absolute Gasteiger partial charge is 0.333 e. The fourth-order valence-corrected chi connectivity index (χ4v) is 1.59. The van der Waals surface area contributed by atoms with Crippen molar-refractivity contribution in [3.8, 4) is 0 Å². The van der Waals surface area contributed by atoms with Gasteiger partial charge in [-0.2, -0.15) is 0 Å². The summed E-state index contributed by atoms with van der Waals surface area (Å²) in [7, 11) is 0. The van der Waals surface area contributed by atoms with Crippen LogP contribution >= 0.6 is 0 Å². The zero-order valence-electron chi connectivity index (χ0n) is 7.14. The first-order valence-electron chi connectivity index (χ1n) is 4.22. The molecule has 0 aliphatic heterocycles. The van der Waals surface area contributed by atoms with E-state index in [-0.39, 0.29) is 11.5 Å². The molecule has 1 saturated carbocycles. The van der Waals surface area contributed by atoms with E-state index in [2.05, 4.69) is 0 Å². The van der Waals surface area contributed by atoms with Gasteiger partial charge in [-0.1, -0.05) is 12.8 Å². The summed E-state index contributed by atoms with van der Waals surface area (Å²) < 4.78 is 13.3. The third-order valence-electron chi connectivity index (χ3n) is 2.39. The Morgan fingerprint density at radius 3 is 2.33 bits per heavy atom. The first-order chi connectivity index (χ1) is 5.63. The maximum absolute atomic E-state index is 13.3. The van der Waals surface area contributed by atoms with Crippen molar-refractivity contribution in [1.82, 2.24) is 0 Å². The number of carbonyl (C=O) groups is 1. The molecule has 0 unspecified atom stereocenters. The molecule has 0 aromatic rings. The lowest BCUT2D eigenvalue weighted by molar-refractivity contribution is -0.132. The minimum atomic E-state index is -1.14. The van der Waals surface area contributed by atoms with Gasteiger partial charge in [0.1, 0.15) is 5.83 Å². The fourth-order valence-electron chi connectivity index (χ4n) is 1.59. The van der Waals surface area contributed by atoms with Gasteiger partial charge in [0.15, 0.2) is 0 Å². The second-order valence-electron chi connectivity index (χ2n) is 3.26. The van der Waals surface area contributed by atoms with Gasteiger partial charge < -0.3 is 5.11 Å². The molecule has 1 aliphatic rings. The van der Waals surface area contributed by atoms with E-state index in [4.69, 9.17) is 5.11 Å². The molecule has 0 aromatic heterocycles. The summed E-state index contributed by atoms with van der Waals surface area (Å²) in [5.74, 6) is -1.68. The van der Waals surface area contributed by atoms with Crippen molar-refractivity contribution in [1.29, 1.82) is 0 Å². The fraction of sp³-hybridized carbons (Fsp3) is 0.667. The highest BCUT2D eigenvalue weighted by Gasteiger charge is 2.23. The van der Waals surface area contributed by atoms with Gasteiger partial charge in [-0.25, -0.2) is 9.18 Å². The highest BCUT2D eigenvalue weighted by atomic mass is 19.1. The summed E-state index contributed by atoms with van der Waals surface area (Å²) >= 11 is 0. The van der Waals surface area contributed by atoms with Crippen molar-refractivity contribution in [3.63, 3.8) is 0 Å².